The Labute approximate surface area is 117 Å². The second-order valence-corrected chi connectivity index (χ2v) is 5.89. The molecule has 0 amide bonds. The van der Waals surface area contributed by atoms with Gasteiger partial charge in [-0.1, -0.05) is 0 Å². The molecule has 0 aliphatic rings. The first-order valence-electron chi connectivity index (χ1n) is 5.07. The molecule has 1 atom stereocenters. The van der Waals surface area contributed by atoms with Crippen molar-refractivity contribution in [1.29, 1.82) is 0 Å². The van der Waals surface area contributed by atoms with Crippen molar-refractivity contribution >= 4 is 50.0 Å². The van der Waals surface area contributed by atoms with E-state index in [1.165, 1.54) is 44.4 Å². The van der Waals surface area contributed by atoms with Crippen molar-refractivity contribution in [3.8, 4) is 0 Å². The zero-order chi connectivity index (χ0) is 14.1. The number of carboxylic acid groups (broad SMARTS) is 2. The van der Waals surface area contributed by atoms with Crippen LogP contribution in [0.2, 0.25) is 3.67 Å². The Balaban J connectivity index is 0. The van der Waals surface area contributed by atoms with Gasteiger partial charge in [-0.05, 0) is 0 Å². The van der Waals surface area contributed by atoms with Crippen LogP contribution in [-0.2, 0) is 19.7 Å². The second-order valence-electron chi connectivity index (χ2n) is 3.29. The van der Waals surface area contributed by atoms with Crippen LogP contribution in [0, 0.1) is 0 Å². The SMILES string of the molecule is CCC[CH2][Na].O=C(O)CC(C(=O)O)S(=O)(=O)O. The summed E-state index contributed by atoms with van der Waals surface area (Å²) in [6, 6.07) is 0. The van der Waals surface area contributed by atoms with Crippen molar-refractivity contribution in [3.05, 3.63) is 0 Å². The summed E-state index contributed by atoms with van der Waals surface area (Å²) in [6.07, 6.45) is 1.67. The van der Waals surface area contributed by atoms with E-state index in [2.05, 4.69) is 6.92 Å². The summed E-state index contributed by atoms with van der Waals surface area (Å²) in [5, 5.41) is 13.9. The van der Waals surface area contributed by atoms with Crippen LogP contribution in [0.5, 0.6) is 0 Å². The molecule has 3 N–H and O–H groups in total. The molecule has 0 aromatic carbocycles. The molecule has 0 spiro atoms. The predicted octanol–water partition coefficient (Wildman–Crippen LogP) is 0.175. The number of unbranched alkanes of at least 4 members (excludes halogenated alkanes) is 1. The van der Waals surface area contributed by atoms with E-state index in [0.717, 1.165) is 0 Å². The Kier molecular flexibility index (Phi) is 11.1. The maximum atomic E-state index is 10.2. The van der Waals surface area contributed by atoms with Gasteiger partial charge in [0.2, 0.25) is 0 Å². The quantitative estimate of drug-likeness (QED) is 0.466. The molecular weight excluding hydrogens is 263 g/mol. The molecule has 0 aromatic rings. The topological polar surface area (TPSA) is 129 Å². The molecule has 0 aromatic heterocycles. The number of rotatable bonds is 6. The first-order valence-corrected chi connectivity index (χ1v) is 7.99. The van der Waals surface area contributed by atoms with E-state index in [1.54, 1.807) is 0 Å². The van der Waals surface area contributed by atoms with Gasteiger partial charge in [-0.25, -0.2) is 0 Å². The largest absolute Gasteiger partial charge is 0.481 e. The maximum Gasteiger partial charge on any atom is 0.325 e. The van der Waals surface area contributed by atoms with E-state index in [4.69, 9.17) is 14.8 Å². The van der Waals surface area contributed by atoms with Crippen LogP contribution in [-0.4, -0.2) is 68.3 Å². The second kappa shape index (κ2) is 9.84. The molecule has 9 heteroatoms. The fourth-order valence-electron chi connectivity index (χ4n) is 0.832. The molecule has 0 saturated heterocycles. The van der Waals surface area contributed by atoms with Crippen molar-refractivity contribution < 1.29 is 32.8 Å². The Morgan fingerprint density at radius 3 is 1.82 bits per heavy atom. The Hall–Kier alpha value is -0.150. The first kappa shape index (κ1) is 19.2. The summed E-state index contributed by atoms with van der Waals surface area (Å²) in [5.74, 6) is -3.50. The van der Waals surface area contributed by atoms with Crippen LogP contribution in [0.1, 0.15) is 26.2 Å². The van der Waals surface area contributed by atoms with E-state index in [1.807, 2.05) is 0 Å². The van der Waals surface area contributed by atoms with Gasteiger partial charge in [0.25, 0.3) is 10.1 Å². The third-order valence-electron chi connectivity index (χ3n) is 1.70. The van der Waals surface area contributed by atoms with E-state index in [0.29, 0.717) is 0 Å². The van der Waals surface area contributed by atoms with Gasteiger partial charge in [0.1, 0.15) is 0 Å². The zero-order valence-electron chi connectivity index (χ0n) is 9.79. The minimum Gasteiger partial charge on any atom is -0.481 e. The average Bonchev–Trinajstić information content (AvgIpc) is 2.14. The standard InChI is InChI=1S/C4H6O7S.C4H9.Na/c5-3(6)1-2(4(7)8)12(9,10)11;1-3-4-2;/h2H,1H2,(H,5,6)(H,7,8)(H,9,10,11);1,3-4H2,2H3;. The van der Waals surface area contributed by atoms with Crippen molar-refractivity contribution in [2.45, 2.75) is 35.1 Å². The van der Waals surface area contributed by atoms with E-state index >= 15 is 0 Å². The van der Waals surface area contributed by atoms with E-state index in [-0.39, 0.29) is 0 Å². The molecule has 0 aliphatic carbocycles. The molecule has 96 valence electrons. The summed E-state index contributed by atoms with van der Waals surface area (Å²) in [7, 11) is -4.84. The molecule has 0 radical (unpaired) electrons. The fraction of sp³-hybridized carbons (Fsp3) is 0.750. The molecule has 0 fully saturated rings. The summed E-state index contributed by atoms with van der Waals surface area (Å²) in [6.45, 7) is 2.23. The number of carbonyl (C=O) groups is 2. The van der Waals surface area contributed by atoms with Gasteiger partial charge in [0, 0.05) is 0 Å². The van der Waals surface area contributed by atoms with Gasteiger partial charge in [-0.15, -0.1) is 0 Å². The third-order valence-corrected chi connectivity index (χ3v) is 3.50. The Morgan fingerprint density at radius 2 is 1.76 bits per heavy atom. The molecule has 0 saturated carbocycles. The molecule has 0 bridgehead atoms. The summed E-state index contributed by atoms with van der Waals surface area (Å²) in [4.78, 5) is 20.0. The number of aliphatic carboxylic acids is 2. The van der Waals surface area contributed by atoms with E-state index in [9.17, 15) is 18.0 Å². The minimum absolute atomic E-state index is 1.16. The summed E-state index contributed by atoms with van der Waals surface area (Å²) < 4.78 is 30.1. The Morgan fingerprint density at radius 1 is 1.29 bits per heavy atom. The number of carboxylic acids is 2. The van der Waals surface area contributed by atoms with E-state index < -0.39 is 33.7 Å². The van der Waals surface area contributed by atoms with Crippen LogP contribution in [0.3, 0.4) is 0 Å². The molecular formula is C8H15NaO7S. The van der Waals surface area contributed by atoms with Gasteiger partial charge in [-0.3, -0.25) is 14.1 Å². The van der Waals surface area contributed by atoms with Gasteiger partial charge in [-0.2, -0.15) is 8.42 Å². The monoisotopic (exact) mass is 278 g/mol. The van der Waals surface area contributed by atoms with Crippen LogP contribution in [0.25, 0.3) is 0 Å². The maximum absolute atomic E-state index is 10.2. The number of hydrogen-bond acceptors (Lipinski definition) is 4. The molecule has 7 nitrogen and oxygen atoms in total. The van der Waals surface area contributed by atoms with Crippen molar-refractivity contribution in [2.24, 2.45) is 0 Å². The molecule has 0 rings (SSSR count). The van der Waals surface area contributed by atoms with Crippen molar-refractivity contribution in [1.82, 2.24) is 0 Å². The van der Waals surface area contributed by atoms with Gasteiger partial charge < -0.3 is 10.2 Å². The third kappa shape index (κ3) is 12.1. The van der Waals surface area contributed by atoms with Crippen LogP contribution in [0.4, 0.5) is 0 Å². The fourth-order valence-corrected chi connectivity index (χ4v) is 2.15. The van der Waals surface area contributed by atoms with Gasteiger partial charge in [0.15, 0.2) is 5.25 Å². The zero-order valence-corrected chi connectivity index (χ0v) is 12.6. The number of hydrogen-bond donors (Lipinski definition) is 3. The van der Waals surface area contributed by atoms with Gasteiger partial charge in [0.05, 0.1) is 6.42 Å². The predicted molar refractivity (Wildman–Crippen MR) is 60.7 cm³/mol. The van der Waals surface area contributed by atoms with Crippen LogP contribution >= 0.6 is 0 Å². The van der Waals surface area contributed by atoms with Crippen LogP contribution in [0.15, 0.2) is 0 Å². The molecule has 1 unspecified atom stereocenters. The minimum atomic E-state index is -4.84. The van der Waals surface area contributed by atoms with Crippen molar-refractivity contribution in [3.63, 3.8) is 0 Å². The average molecular weight is 278 g/mol. The Bertz CT molecular complexity index is 336. The first-order chi connectivity index (χ1) is 7.66. The van der Waals surface area contributed by atoms with Gasteiger partial charge >= 0.3 is 63.3 Å². The van der Waals surface area contributed by atoms with Crippen molar-refractivity contribution in [2.75, 3.05) is 0 Å². The molecule has 0 heterocycles. The summed E-state index contributed by atoms with van der Waals surface area (Å²) in [5.41, 5.74) is 0. The van der Waals surface area contributed by atoms with Crippen LogP contribution < -0.4 is 0 Å². The smallest absolute Gasteiger partial charge is 0.325 e. The normalized spacial score (nSPS) is 12.2. The summed E-state index contributed by atoms with van der Waals surface area (Å²) >= 11 is 1.40. The molecule has 17 heavy (non-hydrogen) atoms. The molecule has 0 aliphatic heterocycles.